The minimum Gasteiger partial charge on any atom is -0.347 e. The monoisotopic (exact) mass is 318 g/mol. The number of hydrogen-bond donors (Lipinski definition) is 0. The number of carbonyl (C=O) groups is 2. The van der Waals surface area contributed by atoms with E-state index in [4.69, 9.17) is 9.47 Å². The molecule has 4 aliphatic rings. The minimum absolute atomic E-state index is 0.0278. The van der Waals surface area contributed by atoms with Crippen LogP contribution in [0.4, 0.5) is 0 Å². The molecule has 1 spiro atoms. The molecule has 0 radical (unpaired) electrons. The second kappa shape index (κ2) is 5.00. The van der Waals surface area contributed by atoms with Crippen LogP contribution in [0.3, 0.4) is 0 Å². The SMILES string of the molecule is CC1(C)C2=CC[C@H]3CCCC(=O)[C@@]3(C=O)[C@H]2CCC12OCCO2. The number of ketones is 1. The Kier molecular flexibility index (Phi) is 3.37. The molecular weight excluding hydrogens is 292 g/mol. The summed E-state index contributed by atoms with van der Waals surface area (Å²) in [5.41, 5.74) is 0.120. The largest absolute Gasteiger partial charge is 0.347 e. The topological polar surface area (TPSA) is 52.6 Å². The van der Waals surface area contributed by atoms with Gasteiger partial charge in [0, 0.05) is 24.2 Å². The van der Waals surface area contributed by atoms with Gasteiger partial charge in [0.15, 0.2) is 5.79 Å². The summed E-state index contributed by atoms with van der Waals surface area (Å²) in [6.45, 7) is 5.56. The lowest BCUT2D eigenvalue weighted by Crippen LogP contribution is -2.59. The second-order valence-electron chi connectivity index (χ2n) is 8.12. The molecule has 3 atom stereocenters. The van der Waals surface area contributed by atoms with Crippen LogP contribution < -0.4 is 0 Å². The van der Waals surface area contributed by atoms with Crippen LogP contribution in [-0.4, -0.2) is 31.1 Å². The van der Waals surface area contributed by atoms with Crippen molar-refractivity contribution in [3.63, 3.8) is 0 Å². The summed E-state index contributed by atoms with van der Waals surface area (Å²) in [5.74, 6) is -0.200. The Labute approximate surface area is 137 Å². The molecule has 0 unspecified atom stereocenters. The quantitative estimate of drug-likeness (QED) is 0.423. The van der Waals surface area contributed by atoms with Crippen molar-refractivity contribution < 1.29 is 19.1 Å². The Morgan fingerprint density at radius 2 is 1.96 bits per heavy atom. The van der Waals surface area contributed by atoms with Crippen molar-refractivity contribution in [3.05, 3.63) is 11.6 Å². The zero-order chi connectivity index (χ0) is 16.3. The van der Waals surface area contributed by atoms with Crippen LogP contribution in [0, 0.1) is 22.7 Å². The number of aldehydes is 1. The molecular formula is C19H26O4. The Balaban J connectivity index is 1.80. The third-order valence-electron chi connectivity index (χ3n) is 7.07. The van der Waals surface area contributed by atoms with Crippen LogP contribution in [0.5, 0.6) is 0 Å². The van der Waals surface area contributed by atoms with Gasteiger partial charge in [0.05, 0.1) is 18.6 Å². The highest BCUT2D eigenvalue weighted by atomic mass is 16.7. The van der Waals surface area contributed by atoms with Crippen molar-refractivity contribution in [2.24, 2.45) is 22.7 Å². The van der Waals surface area contributed by atoms with Gasteiger partial charge in [-0.1, -0.05) is 25.5 Å². The smallest absolute Gasteiger partial charge is 0.177 e. The van der Waals surface area contributed by atoms with E-state index in [-0.39, 0.29) is 23.0 Å². The summed E-state index contributed by atoms with van der Waals surface area (Å²) in [6.07, 6.45) is 8.15. The molecule has 3 fully saturated rings. The molecule has 4 rings (SSSR count). The predicted molar refractivity (Wildman–Crippen MR) is 84.7 cm³/mol. The van der Waals surface area contributed by atoms with E-state index >= 15 is 0 Å². The summed E-state index contributed by atoms with van der Waals surface area (Å²) >= 11 is 0. The molecule has 2 saturated carbocycles. The molecule has 4 heteroatoms. The first-order valence-electron chi connectivity index (χ1n) is 8.96. The molecule has 1 heterocycles. The maximum atomic E-state index is 12.8. The van der Waals surface area contributed by atoms with Crippen molar-refractivity contribution >= 4 is 12.1 Å². The maximum absolute atomic E-state index is 12.8. The van der Waals surface area contributed by atoms with Gasteiger partial charge >= 0.3 is 0 Å². The average molecular weight is 318 g/mol. The zero-order valence-electron chi connectivity index (χ0n) is 14.1. The first-order valence-corrected chi connectivity index (χ1v) is 8.96. The summed E-state index contributed by atoms with van der Waals surface area (Å²) in [7, 11) is 0. The van der Waals surface area contributed by atoms with E-state index in [9.17, 15) is 9.59 Å². The average Bonchev–Trinajstić information content (AvgIpc) is 3.01. The van der Waals surface area contributed by atoms with Crippen molar-refractivity contribution in [1.82, 2.24) is 0 Å². The minimum atomic E-state index is -0.792. The summed E-state index contributed by atoms with van der Waals surface area (Å²) < 4.78 is 12.1. The molecule has 0 aromatic rings. The van der Waals surface area contributed by atoms with Crippen LogP contribution in [0.1, 0.15) is 52.4 Å². The van der Waals surface area contributed by atoms with E-state index in [0.29, 0.717) is 19.6 Å². The van der Waals surface area contributed by atoms with Gasteiger partial charge in [0.1, 0.15) is 12.1 Å². The first kappa shape index (κ1) is 15.5. The normalized spacial score (nSPS) is 41.1. The molecule has 3 aliphatic carbocycles. The highest BCUT2D eigenvalue weighted by Gasteiger charge is 2.64. The molecule has 1 aliphatic heterocycles. The number of hydrogen-bond acceptors (Lipinski definition) is 4. The third-order valence-corrected chi connectivity index (χ3v) is 7.07. The maximum Gasteiger partial charge on any atom is 0.177 e. The molecule has 0 N–H and O–H groups in total. The van der Waals surface area contributed by atoms with Gasteiger partial charge in [-0.15, -0.1) is 0 Å². The molecule has 0 bridgehead atoms. The number of carbonyl (C=O) groups excluding carboxylic acids is 2. The fourth-order valence-corrected chi connectivity index (χ4v) is 5.81. The van der Waals surface area contributed by atoms with Crippen LogP contribution in [0.15, 0.2) is 11.6 Å². The molecule has 1 saturated heterocycles. The van der Waals surface area contributed by atoms with Gasteiger partial charge < -0.3 is 14.3 Å². The van der Waals surface area contributed by atoms with Gasteiger partial charge in [0.2, 0.25) is 0 Å². The van der Waals surface area contributed by atoms with Crippen molar-refractivity contribution in [2.45, 2.75) is 58.2 Å². The van der Waals surface area contributed by atoms with E-state index in [2.05, 4.69) is 19.9 Å². The van der Waals surface area contributed by atoms with Gasteiger partial charge in [-0.05, 0) is 31.6 Å². The standard InChI is InChI=1S/C19H26O4/c1-17(2)14-7-6-13-4-3-5-16(21)18(13,12-20)15(14)8-9-19(17)22-10-11-23-19/h7,12-13,15H,3-6,8-11H2,1-2H3/t13-,15+,18-/m1/s1. The molecule has 23 heavy (non-hydrogen) atoms. The lowest BCUT2D eigenvalue weighted by molar-refractivity contribution is -0.238. The molecule has 126 valence electrons. The van der Waals surface area contributed by atoms with E-state index < -0.39 is 11.2 Å². The van der Waals surface area contributed by atoms with Gasteiger partial charge in [-0.2, -0.15) is 0 Å². The Morgan fingerprint density at radius 3 is 2.65 bits per heavy atom. The van der Waals surface area contributed by atoms with Gasteiger partial charge in [-0.3, -0.25) is 4.79 Å². The number of allylic oxidation sites excluding steroid dienone is 1. The lowest BCUT2D eigenvalue weighted by atomic mass is 9.48. The molecule has 0 amide bonds. The first-order chi connectivity index (χ1) is 11.0. The van der Waals surface area contributed by atoms with Crippen LogP contribution >= 0.6 is 0 Å². The van der Waals surface area contributed by atoms with Gasteiger partial charge in [-0.25, -0.2) is 0 Å². The van der Waals surface area contributed by atoms with Gasteiger partial charge in [0.25, 0.3) is 0 Å². The van der Waals surface area contributed by atoms with E-state index in [0.717, 1.165) is 38.4 Å². The van der Waals surface area contributed by atoms with Crippen molar-refractivity contribution in [1.29, 1.82) is 0 Å². The van der Waals surface area contributed by atoms with E-state index in [1.165, 1.54) is 5.57 Å². The van der Waals surface area contributed by atoms with Crippen LogP contribution in [0.2, 0.25) is 0 Å². The highest BCUT2D eigenvalue weighted by Crippen LogP contribution is 2.62. The number of Topliss-reactive ketones (excluding diaryl/α,β-unsaturated/α-hetero) is 1. The fraction of sp³-hybridized carbons (Fsp3) is 0.789. The molecule has 4 nitrogen and oxygen atoms in total. The summed E-state index contributed by atoms with van der Waals surface area (Å²) in [4.78, 5) is 25.0. The number of fused-ring (bicyclic) bond motifs is 3. The lowest BCUT2D eigenvalue weighted by Gasteiger charge is -2.57. The number of rotatable bonds is 1. The predicted octanol–water partition coefficient (Wildman–Crippen LogP) is 3.05. The third kappa shape index (κ3) is 1.79. The Bertz CT molecular complexity index is 570. The van der Waals surface area contributed by atoms with Crippen LogP contribution in [-0.2, 0) is 19.1 Å². The molecule has 0 aromatic heterocycles. The Morgan fingerprint density at radius 1 is 1.22 bits per heavy atom. The summed E-state index contributed by atoms with van der Waals surface area (Å²) in [5, 5.41) is 0. The zero-order valence-corrected chi connectivity index (χ0v) is 14.1. The van der Waals surface area contributed by atoms with E-state index in [1.807, 2.05) is 0 Å². The fourth-order valence-electron chi connectivity index (χ4n) is 5.81. The van der Waals surface area contributed by atoms with E-state index in [1.54, 1.807) is 0 Å². The van der Waals surface area contributed by atoms with Crippen molar-refractivity contribution in [2.75, 3.05) is 13.2 Å². The second-order valence-corrected chi connectivity index (χ2v) is 8.12. The summed E-state index contributed by atoms with van der Waals surface area (Å²) in [6, 6.07) is 0. The highest BCUT2D eigenvalue weighted by molar-refractivity contribution is 6.00. The number of ether oxygens (including phenoxy) is 2. The molecule has 0 aromatic carbocycles. The van der Waals surface area contributed by atoms with Crippen molar-refractivity contribution in [3.8, 4) is 0 Å². The Hall–Kier alpha value is -1.00. The van der Waals surface area contributed by atoms with Crippen LogP contribution in [0.25, 0.3) is 0 Å².